The molecule has 0 radical (unpaired) electrons. The van der Waals surface area contributed by atoms with Crippen LogP contribution in [0.3, 0.4) is 0 Å². The van der Waals surface area contributed by atoms with Gasteiger partial charge < -0.3 is 10.6 Å². The molecule has 1 unspecified atom stereocenters. The van der Waals surface area contributed by atoms with E-state index in [-0.39, 0.29) is 18.4 Å². The smallest absolute Gasteiger partial charge is 0.247 e. The van der Waals surface area contributed by atoms with Crippen LogP contribution in [0.5, 0.6) is 0 Å². The summed E-state index contributed by atoms with van der Waals surface area (Å²) in [6.07, 6.45) is 5.70. The predicted octanol–water partition coefficient (Wildman–Crippen LogP) is 3.50. The van der Waals surface area contributed by atoms with E-state index in [0.717, 1.165) is 44.5 Å². The van der Waals surface area contributed by atoms with Gasteiger partial charge in [-0.15, -0.1) is 0 Å². The van der Waals surface area contributed by atoms with Crippen LogP contribution in [0, 0.1) is 0 Å². The lowest BCUT2D eigenvalue weighted by Gasteiger charge is -2.23. The summed E-state index contributed by atoms with van der Waals surface area (Å²) in [5, 5.41) is 6.42. The summed E-state index contributed by atoms with van der Waals surface area (Å²) >= 11 is 0. The zero-order valence-corrected chi connectivity index (χ0v) is 17.5. The van der Waals surface area contributed by atoms with Crippen molar-refractivity contribution in [1.82, 2.24) is 25.0 Å². The molecule has 2 amide bonds. The fourth-order valence-corrected chi connectivity index (χ4v) is 4.34. The Hall–Kier alpha value is -4.52. The normalized spacial score (nSPS) is 16.1. The Morgan fingerprint density at radius 2 is 1.79 bits per heavy atom. The second-order valence-electron chi connectivity index (χ2n) is 8.00. The topological polar surface area (TPSA) is 88.4 Å². The fourth-order valence-electron chi connectivity index (χ4n) is 4.34. The number of fused-ring (bicyclic) bond motifs is 2. The highest BCUT2D eigenvalue weighted by Gasteiger charge is 2.27. The van der Waals surface area contributed by atoms with Crippen molar-refractivity contribution in [2.45, 2.75) is 6.04 Å². The van der Waals surface area contributed by atoms with Gasteiger partial charge in [0.25, 0.3) is 0 Å². The molecule has 0 saturated carbocycles. The molecule has 0 aliphatic carbocycles. The van der Waals surface area contributed by atoms with Crippen LogP contribution in [0.25, 0.3) is 38.9 Å². The van der Waals surface area contributed by atoms with Crippen LogP contribution < -0.4 is 10.6 Å². The fraction of sp³-hybridized carbons (Fsp3) is 0.0769. The minimum atomic E-state index is -0.659. The van der Waals surface area contributed by atoms with E-state index in [0.29, 0.717) is 0 Å². The number of nitrogens with one attached hydrogen (secondary N) is 2. The first-order chi connectivity index (χ1) is 16.2. The Bertz CT molecular complexity index is 1530. The Kier molecular flexibility index (Phi) is 4.40. The molecular formula is C26H19N5O2. The molecule has 33 heavy (non-hydrogen) atoms. The average Bonchev–Trinajstić information content (AvgIpc) is 3.28. The van der Waals surface area contributed by atoms with E-state index < -0.39 is 6.04 Å². The molecule has 1 saturated heterocycles. The number of amides is 2. The van der Waals surface area contributed by atoms with Crippen molar-refractivity contribution in [2.75, 3.05) is 6.54 Å². The Morgan fingerprint density at radius 3 is 2.67 bits per heavy atom. The second-order valence-corrected chi connectivity index (χ2v) is 8.00. The van der Waals surface area contributed by atoms with E-state index in [1.54, 1.807) is 6.20 Å². The van der Waals surface area contributed by atoms with Gasteiger partial charge in [0.2, 0.25) is 11.8 Å². The van der Waals surface area contributed by atoms with E-state index >= 15 is 0 Å². The largest absolute Gasteiger partial charge is 0.345 e. The Morgan fingerprint density at radius 1 is 0.909 bits per heavy atom. The van der Waals surface area contributed by atoms with Crippen molar-refractivity contribution in [2.24, 2.45) is 0 Å². The Balaban J connectivity index is 1.35. The van der Waals surface area contributed by atoms with Crippen LogP contribution in [-0.2, 0) is 9.59 Å². The van der Waals surface area contributed by atoms with Gasteiger partial charge in [-0.25, -0.2) is 4.98 Å². The third-order valence-corrected chi connectivity index (χ3v) is 6.00. The predicted molar refractivity (Wildman–Crippen MR) is 125 cm³/mol. The van der Waals surface area contributed by atoms with Crippen molar-refractivity contribution in [3.63, 3.8) is 0 Å². The van der Waals surface area contributed by atoms with Crippen molar-refractivity contribution in [1.29, 1.82) is 0 Å². The number of pyridine rings is 2. The number of hydrogen-bond acceptors (Lipinski definition) is 4. The first kappa shape index (κ1) is 19.2. The molecule has 0 bridgehead atoms. The molecule has 6 rings (SSSR count). The van der Waals surface area contributed by atoms with Gasteiger partial charge in [-0.2, -0.15) is 0 Å². The zero-order chi connectivity index (χ0) is 22.4. The summed E-state index contributed by atoms with van der Waals surface area (Å²) in [5.74, 6) is -0.386. The van der Waals surface area contributed by atoms with E-state index in [2.05, 4.69) is 37.1 Å². The van der Waals surface area contributed by atoms with Gasteiger partial charge in [-0.1, -0.05) is 42.5 Å². The molecule has 4 heterocycles. The number of carbonyl (C=O) groups is 2. The summed E-state index contributed by atoms with van der Waals surface area (Å²) in [6, 6.07) is 21.2. The molecule has 3 aromatic heterocycles. The molecule has 160 valence electrons. The number of carbonyl (C=O) groups excluding carboxylic acids is 2. The number of rotatable bonds is 3. The molecule has 7 nitrogen and oxygen atoms in total. The molecular weight excluding hydrogens is 414 g/mol. The average molecular weight is 433 g/mol. The lowest BCUT2D eigenvalue weighted by Crippen LogP contribution is -2.50. The van der Waals surface area contributed by atoms with Crippen LogP contribution in [0.2, 0.25) is 0 Å². The number of imidazole rings is 1. The minimum absolute atomic E-state index is 0.0228. The van der Waals surface area contributed by atoms with E-state index in [1.807, 2.05) is 67.0 Å². The van der Waals surface area contributed by atoms with Gasteiger partial charge >= 0.3 is 0 Å². The van der Waals surface area contributed by atoms with Crippen LogP contribution >= 0.6 is 0 Å². The van der Waals surface area contributed by atoms with Gasteiger partial charge in [0.1, 0.15) is 11.7 Å². The third-order valence-electron chi connectivity index (χ3n) is 6.00. The maximum absolute atomic E-state index is 12.1. The zero-order valence-electron chi connectivity index (χ0n) is 17.5. The number of piperazine rings is 1. The summed E-state index contributed by atoms with van der Waals surface area (Å²) in [6.45, 7) is 0.0228. The molecule has 1 fully saturated rings. The summed E-state index contributed by atoms with van der Waals surface area (Å²) < 4.78 is 2.07. The van der Waals surface area contributed by atoms with Crippen molar-refractivity contribution in [3.8, 4) is 22.4 Å². The molecule has 0 spiro atoms. The van der Waals surface area contributed by atoms with Crippen molar-refractivity contribution < 1.29 is 9.59 Å². The number of nitrogens with zero attached hydrogens (tertiary/aromatic N) is 3. The Labute approximate surface area is 189 Å². The maximum atomic E-state index is 12.1. The molecule has 1 aliphatic heterocycles. The standard InChI is InChI=1S/C26H19N5O2/c32-24-15-29-26(33)25(30-24)17-8-6-16(7-9-17)18-10-12-31-22(14-28-23(31)13-18)20-3-1-5-21-19(20)4-2-11-27-21/h1-14,25H,15H2,(H,29,33)(H,30,32). The van der Waals surface area contributed by atoms with Crippen LogP contribution in [0.1, 0.15) is 11.6 Å². The highest BCUT2D eigenvalue weighted by molar-refractivity contribution is 5.96. The van der Waals surface area contributed by atoms with Gasteiger partial charge in [-0.05, 0) is 41.0 Å². The SMILES string of the molecule is O=C1CNC(=O)C(c2ccc(-c3ccn4c(-c5cccc6ncccc56)cnc4c3)cc2)N1. The third kappa shape index (κ3) is 3.30. The first-order valence-electron chi connectivity index (χ1n) is 10.7. The van der Waals surface area contributed by atoms with Gasteiger partial charge in [0.15, 0.2) is 0 Å². The van der Waals surface area contributed by atoms with Crippen molar-refractivity contribution in [3.05, 3.63) is 90.9 Å². The number of aromatic nitrogens is 3. The maximum Gasteiger partial charge on any atom is 0.247 e. The van der Waals surface area contributed by atoms with Crippen LogP contribution in [0.4, 0.5) is 0 Å². The van der Waals surface area contributed by atoms with Gasteiger partial charge in [0.05, 0.1) is 24.0 Å². The molecule has 1 aliphatic rings. The molecule has 2 aromatic carbocycles. The number of hydrogen-bond donors (Lipinski definition) is 2. The molecule has 2 N–H and O–H groups in total. The summed E-state index contributed by atoms with van der Waals surface area (Å²) in [7, 11) is 0. The highest BCUT2D eigenvalue weighted by atomic mass is 16.2. The lowest BCUT2D eigenvalue weighted by atomic mass is 10.00. The van der Waals surface area contributed by atoms with E-state index in [1.165, 1.54) is 0 Å². The minimum Gasteiger partial charge on any atom is -0.345 e. The van der Waals surface area contributed by atoms with Gasteiger partial charge in [-0.3, -0.25) is 19.0 Å². The van der Waals surface area contributed by atoms with Crippen LogP contribution in [0.15, 0.2) is 85.3 Å². The molecule has 7 heteroatoms. The highest BCUT2D eigenvalue weighted by Crippen LogP contribution is 2.30. The van der Waals surface area contributed by atoms with E-state index in [4.69, 9.17) is 0 Å². The second kappa shape index (κ2) is 7.56. The summed E-state index contributed by atoms with van der Waals surface area (Å²) in [4.78, 5) is 32.8. The van der Waals surface area contributed by atoms with Gasteiger partial charge in [0, 0.05) is 23.3 Å². The molecule has 5 aromatic rings. The summed E-state index contributed by atoms with van der Waals surface area (Å²) in [5.41, 5.74) is 6.64. The monoisotopic (exact) mass is 433 g/mol. The van der Waals surface area contributed by atoms with Crippen molar-refractivity contribution >= 4 is 28.4 Å². The number of benzene rings is 2. The van der Waals surface area contributed by atoms with Crippen LogP contribution in [-0.4, -0.2) is 32.7 Å². The first-order valence-corrected chi connectivity index (χ1v) is 10.7. The lowest BCUT2D eigenvalue weighted by molar-refractivity contribution is -0.133. The molecule has 1 atom stereocenters. The quantitative estimate of drug-likeness (QED) is 0.456. The van der Waals surface area contributed by atoms with E-state index in [9.17, 15) is 9.59 Å².